The minimum atomic E-state index is -0.417. The van der Waals surface area contributed by atoms with E-state index in [9.17, 15) is 9.59 Å². The summed E-state index contributed by atoms with van der Waals surface area (Å²) in [5.41, 5.74) is 0. The summed E-state index contributed by atoms with van der Waals surface area (Å²) >= 11 is 0. The van der Waals surface area contributed by atoms with Gasteiger partial charge in [-0.25, -0.2) is 0 Å². The summed E-state index contributed by atoms with van der Waals surface area (Å²) in [4.78, 5) is 23.3. The Hall–Kier alpha value is -1.06. The molecule has 0 amide bonds. The van der Waals surface area contributed by atoms with Crippen LogP contribution >= 0.6 is 0 Å². The Kier molecular flexibility index (Phi) is 13.2. The van der Waals surface area contributed by atoms with Crippen molar-refractivity contribution in [2.45, 2.75) is 78.6 Å². The van der Waals surface area contributed by atoms with Crippen molar-refractivity contribution in [3.8, 4) is 0 Å². The first-order valence-electron chi connectivity index (χ1n) is 8.44. The van der Waals surface area contributed by atoms with Gasteiger partial charge in [0.1, 0.15) is 0 Å². The molecule has 0 unspecified atom stereocenters. The number of unbranched alkanes of at least 4 members (excludes halogenated alkanes) is 6. The monoisotopic (exact) mass is 300 g/mol. The van der Waals surface area contributed by atoms with Crippen LogP contribution in [0.3, 0.4) is 0 Å². The normalized spacial score (nSPS) is 12.0. The summed E-state index contributed by atoms with van der Waals surface area (Å²) in [5.74, 6) is -1.02. The molecular weight excluding hydrogens is 268 g/mol. The molecule has 0 spiro atoms. The standard InChI is InChI=1S/C17H32O4/c1-4-6-8-10-12-20-16(18)14-15(3)17(19)21-13-11-9-7-5-2/h15H,4-14H2,1-3H3/t15-/m0/s1. The zero-order valence-electron chi connectivity index (χ0n) is 14.0. The number of ether oxygens (including phenoxy) is 2. The number of carbonyl (C=O) groups is 2. The van der Waals surface area contributed by atoms with Crippen molar-refractivity contribution in [3.05, 3.63) is 0 Å². The minimum Gasteiger partial charge on any atom is -0.466 e. The number of hydrogen-bond donors (Lipinski definition) is 0. The van der Waals surface area contributed by atoms with Crippen LogP contribution in [0.1, 0.15) is 78.6 Å². The highest BCUT2D eigenvalue weighted by molar-refractivity contribution is 5.79. The zero-order valence-corrected chi connectivity index (χ0v) is 14.0. The molecule has 124 valence electrons. The Morgan fingerprint density at radius 3 is 1.86 bits per heavy atom. The van der Waals surface area contributed by atoms with Crippen molar-refractivity contribution in [2.24, 2.45) is 5.92 Å². The van der Waals surface area contributed by atoms with Gasteiger partial charge in [-0.05, 0) is 12.8 Å². The summed E-state index contributed by atoms with van der Waals surface area (Å²) in [6, 6.07) is 0. The highest BCUT2D eigenvalue weighted by Crippen LogP contribution is 2.08. The second-order valence-electron chi connectivity index (χ2n) is 5.61. The molecular formula is C17H32O4. The van der Waals surface area contributed by atoms with Gasteiger partial charge >= 0.3 is 11.9 Å². The molecule has 0 N–H and O–H groups in total. The molecule has 4 nitrogen and oxygen atoms in total. The molecule has 0 saturated carbocycles. The molecule has 0 aromatic heterocycles. The Morgan fingerprint density at radius 2 is 1.33 bits per heavy atom. The lowest BCUT2D eigenvalue weighted by Gasteiger charge is -2.11. The lowest BCUT2D eigenvalue weighted by Crippen LogP contribution is -2.20. The van der Waals surface area contributed by atoms with Crippen LogP contribution < -0.4 is 0 Å². The van der Waals surface area contributed by atoms with Crippen LogP contribution in [0.2, 0.25) is 0 Å². The van der Waals surface area contributed by atoms with Crippen LogP contribution in [0, 0.1) is 5.92 Å². The number of carbonyl (C=O) groups excluding carboxylic acids is 2. The fourth-order valence-corrected chi connectivity index (χ4v) is 1.95. The second kappa shape index (κ2) is 13.9. The predicted octanol–water partition coefficient (Wildman–Crippen LogP) is 4.26. The summed E-state index contributed by atoms with van der Waals surface area (Å²) in [7, 11) is 0. The first-order chi connectivity index (χ1) is 10.1. The van der Waals surface area contributed by atoms with Crippen molar-refractivity contribution in [2.75, 3.05) is 13.2 Å². The van der Waals surface area contributed by atoms with E-state index in [0.717, 1.165) is 51.4 Å². The molecule has 0 aliphatic heterocycles. The van der Waals surface area contributed by atoms with Crippen LogP contribution in [-0.4, -0.2) is 25.2 Å². The molecule has 0 heterocycles. The van der Waals surface area contributed by atoms with Crippen LogP contribution in [-0.2, 0) is 19.1 Å². The average molecular weight is 300 g/mol. The SMILES string of the molecule is CCCCCCOC(=O)C[C@H](C)C(=O)OCCCCCC. The van der Waals surface area contributed by atoms with Crippen molar-refractivity contribution in [1.82, 2.24) is 0 Å². The maximum absolute atomic E-state index is 11.7. The average Bonchev–Trinajstić information content (AvgIpc) is 2.46. The van der Waals surface area contributed by atoms with Gasteiger partial charge in [0.05, 0.1) is 25.6 Å². The van der Waals surface area contributed by atoms with Gasteiger partial charge in [-0.2, -0.15) is 0 Å². The van der Waals surface area contributed by atoms with E-state index in [1.165, 1.54) is 0 Å². The number of rotatable bonds is 13. The van der Waals surface area contributed by atoms with E-state index in [-0.39, 0.29) is 18.4 Å². The molecule has 0 saturated heterocycles. The third-order valence-electron chi connectivity index (χ3n) is 3.38. The number of hydrogen-bond acceptors (Lipinski definition) is 4. The molecule has 0 bridgehead atoms. The van der Waals surface area contributed by atoms with E-state index >= 15 is 0 Å². The van der Waals surface area contributed by atoms with Crippen molar-refractivity contribution in [3.63, 3.8) is 0 Å². The smallest absolute Gasteiger partial charge is 0.309 e. The third-order valence-corrected chi connectivity index (χ3v) is 3.38. The van der Waals surface area contributed by atoms with Gasteiger partial charge < -0.3 is 9.47 Å². The molecule has 21 heavy (non-hydrogen) atoms. The fourth-order valence-electron chi connectivity index (χ4n) is 1.95. The molecule has 0 aromatic rings. The second-order valence-corrected chi connectivity index (χ2v) is 5.61. The molecule has 0 aromatic carbocycles. The largest absolute Gasteiger partial charge is 0.466 e. The van der Waals surface area contributed by atoms with E-state index < -0.39 is 5.92 Å². The van der Waals surface area contributed by atoms with Crippen LogP contribution in [0.4, 0.5) is 0 Å². The van der Waals surface area contributed by atoms with Crippen LogP contribution in [0.5, 0.6) is 0 Å². The maximum atomic E-state index is 11.7. The van der Waals surface area contributed by atoms with Crippen molar-refractivity contribution >= 4 is 11.9 Å². The lowest BCUT2D eigenvalue weighted by molar-refractivity contribution is -0.154. The summed E-state index contributed by atoms with van der Waals surface area (Å²) < 4.78 is 10.3. The first kappa shape index (κ1) is 19.9. The summed E-state index contributed by atoms with van der Waals surface area (Å²) in [6.07, 6.45) is 8.72. The van der Waals surface area contributed by atoms with Crippen LogP contribution in [0.15, 0.2) is 0 Å². The quantitative estimate of drug-likeness (QED) is 0.377. The summed E-state index contributed by atoms with van der Waals surface area (Å²) in [6.45, 7) is 6.91. The van der Waals surface area contributed by atoms with Gasteiger partial charge in [0, 0.05) is 0 Å². The molecule has 0 fully saturated rings. The van der Waals surface area contributed by atoms with Gasteiger partial charge in [-0.1, -0.05) is 59.3 Å². The number of esters is 2. The summed E-state index contributed by atoms with van der Waals surface area (Å²) in [5, 5.41) is 0. The minimum absolute atomic E-state index is 0.113. The van der Waals surface area contributed by atoms with E-state index in [4.69, 9.17) is 9.47 Å². The first-order valence-corrected chi connectivity index (χ1v) is 8.44. The highest BCUT2D eigenvalue weighted by atomic mass is 16.5. The molecule has 4 heteroatoms. The van der Waals surface area contributed by atoms with Gasteiger partial charge in [-0.15, -0.1) is 0 Å². The lowest BCUT2D eigenvalue weighted by atomic mass is 10.1. The van der Waals surface area contributed by atoms with Gasteiger partial charge in [0.25, 0.3) is 0 Å². The van der Waals surface area contributed by atoms with E-state index in [1.807, 2.05) is 0 Å². The van der Waals surface area contributed by atoms with E-state index in [0.29, 0.717) is 13.2 Å². The molecule has 0 aliphatic rings. The molecule has 0 aliphatic carbocycles. The zero-order chi connectivity index (χ0) is 15.9. The van der Waals surface area contributed by atoms with Crippen molar-refractivity contribution < 1.29 is 19.1 Å². The van der Waals surface area contributed by atoms with E-state index in [2.05, 4.69) is 13.8 Å². The molecule has 0 rings (SSSR count). The van der Waals surface area contributed by atoms with Gasteiger partial charge in [0.2, 0.25) is 0 Å². The van der Waals surface area contributed by atoms with Gasteiger partial charge in [0.15, 0.2) is 0 Å². The predicted molar refractivity (Wildman–Crippen MR) is 84.0 cm³/mol. The fraction of sp³-hybridized carbons (Fsp3) is 0.882. The topological polar surface area (TPSA) is 52.6 Å². The van der Waals surface area contributed by atoms with Crippen molar-refractivity contribution in [1.29, 1.82) is 0 Å². The molecule has 0 radical (unpaired) electrons. The maximum Gasteiger partial charge on any atom is 0.309 e. The van der Waals surface area contributed by atoms with E-state index in [1.54, 1.807) is 6.92 Å². The Labute approximate surface area is 129 Å². The Balaban J connectivity index is 3.62. The molecule has 1 atom stereocenters. The Morgan fingerprint density at radius 1 is 0.810 bits per heavy atom. The van der Waals surface area contributed by atoms with Crippen LogP contribution in [0.25, 0.3) is 0 Å². The Bertz CT molecular complexity index is 276. The highest BCUT2D eigenvalue weighted by Gasteiger charge is 2.19. The third kappa shape index (κ3) is 12.4. The van der Waals surface area contributed by atoms with Gasteiger partial charge in [-0.3, -0.25) is 9.59 Å².